The standard InChI is InChI=1S/C31H52O7/c1-17(2)30(38,16-32)14-20(33)18(3)19-9-10-27(5)21-7-8-22-28(6,25(36)37)23(34)13-24(35)31(22)15-29(21,31)12-11-26(19,27)4/h17-24,32-35,38H,7-16H2,1-6H3,(H,36,37)/t18-,19+,20+,21-,22?,23-,24-,26+,27-,28-,29-,30+,31+/m0/s1. The molecule has 5 aliphatic carbocycles. The number of carboxylic acids is 1. The van der Waals surface area contributed by atoms with Gasteiger partial charge in [0, 0.05) is 18.3 Å². The third-order valence-corrected chi connectivity index (χ3v) is 14.5. The zero-order valence-electron chi connectivity index (χ0n) is 24.3. The fraction of sp³-hybridized carbons (Fsp3) is 0.968. The van der Waals surface area contributed by atoms with Crippen LogP contribution in [-0.2, 0) is 4.79 Å². The number of aliphatic carboxylic acids is 1. The third-order valence-electron chi connectivity index (χ3n) is 14.5. The molecule has 5 rings (SSSR count). The Morgan fingerprint density at radius 1 is 0.947 bits per heavy atom. The highest BCUT2D eigenvalue weighted by Gasteiger charge is 2.85. The number of rotatable bonds is 7. The summed E-state index contributed by atoms with van der Waals surface area (Å²) in [6.45, 7) is 12.0. The zero-order chi connectivity index (χ0) is 28.3. The lowest BCUT2D eigenvalue weighted by atomic mass is 9.41. The molecule has 0 saturated heterocycles. The maximum absolute atomic E-state index is 12.5. The minimum absolute atomic E-state index is 0.00960. The second kappa shape index (κ2) is 8.64. The van der Waals surface area contributed by atoms with Crippen molar-refractivity contribution in [3.05, 3.63) is 0 Å². The molecule has 1 unspecified atom stereocenters. The fourth-order valence-electron chi connectivity index (χ4n) is 11.5. The summed E-state index contributed by atoms with van der Waals surface area (Å²) < 4.78 is 0. The van der Waals surface area contributed by atoms with E-state index in [4.69, 9.17) is 0 Å². The van der Waals surface area contributed by atoms with Crippen molar-refractivity contribution in [3.8, 4) is 0 Å². The van der Waals surface area contributed by atoms with Gasteiger partial charge in [-0.1, -0.05) is 34.6 Å². The lowest BCUT2D eigenvalue weighted by Crippen LogP contribution is -2.63. The minimum atomic E-state index is -1.30. The van der Waals surface area contributed by atoms with Gasteiger partial charge in [0.25, 0.3) is 0 Å². The average molecular weight is 537 g/mol. The first-order valence-electron chi connectivity index (χ1n) is 15.1. The van der Waals surface area contributed by atoms with Crippen molar-refractivity contribution < 1.29 is 35.4 Å². The van der Waals surface area contributed by atoms with Crippen molar-refractivity contribution in [1.29, 1.82) is 0 Å². The van der Waals surface area contributed by atoms with Crippen molar-refractivity contribution in [2.45, 2.75) is 123 Å². The molecule has 0 aliphatic heterocycles. The quantitative estimate of drug-likeness (QED) is 0.292. The highest BCUT2D eigenvalue weighted by atomic mass is 16.4. The summed E-state index contributed by atoms with van der Waals surface area (Å²) in [5.41, 5.74) is -3.03. The van der Waals surface area contributed by atoms with E-state index in [-0.39, 0.29) is 59.4 Å². The first-order valence-corrected chi connectivity index (χ1v) is 15.1. The van der Waals surface area contributed by atoms with Gasteiger partial charge in [0.05, 0.1) is 35.9 Å². The summed E-state index contributed by atoms with van der Waals surface area (Å²) in [6, 6.07) is 0. The molecule has 0 heterocycles. The Bertz CT molecular complexity index is 970. The smallest absolute Gasteiger partial charge is 0.312 e. The molecule has 0 aromatic heterocycles. The highest BCUT2D eigenvalue weighted by molar-refractivity contribution is 5.76. The SMILES string of the molecule is CC(C)[C@](O)(CO)C[C@@H](O)[C@@H](C)[C@H]1CC[C@@]2(C)[C@@H]3CCC4[C@](C)(C(=O)O)[C@@H](O)C[C@H](O)[C@@]45C[C@@]35CC[C@]12C. The van der Waals surface area contributed by atoms with Gasteiger partial charge >= 0.3 is 5.97 Å². The van der Waals surface area contributed by atoms with Crippen LogP contribution in [0.4, 0.5) is 0 Å². The molecule has 13 atom stereocenters. The Kier molecular flexibility index (Phi) is 6.54. The lowest BCUT2D eigenvalue weighted by molar-refractivity contribution is -0.211. The molecule has 5 saturated carbocycles. The summed E-state index contributed by atoms with van der Waals surface area (Å²) in [7, 11) is 0. The number of hydrogen-bond donors (Lipinski definition) is 6. The predicted molar refractivity (Wildman–Crippen MR) is 143 cm³/mol. The average Bonchev–Trinajstić information content (AvgIpc) is 3.47. The Morgan fingerprint density at radius 2 is 1.58 bits per heavy atom. The van der Waals surface area contributed by atoms with Crippen LogP contribution in [-0.4, -0.2) is 67.1 Å². The first kappa shape index (κ1) is 28.8. The Morgan fingerprint density at radius 3 is 2.16 bits per heavy atom. The molecule has 0 amide bonds. The molecular weight excluding hydrogens is 484 g/mol. The van der Waals surface area contributed by atoms with Gasteiger partial charge < -0.3 is 30.6 Å². The topological polar surface area (TPSA) is 138 Å². The summed E-state index contributed by atoms with van der Waals surface area (Å²) >= 11 is 0. The van der Waals surface area contributed by atoms with Gasteiger partial charge in [0.1, 0.15) is 0 Å². The first-order chi connectivity index (χ1) is 17.5. The molecule has 7 heteroatoms. The van der Waals surface area contributed by atoms with Crippen molar-refractivity contribution in [1.82, 2.24) is 0 Å². The van der Waals surface area contributed by atoms with E-state index in [2.05, 4.69) is 20.8 Å². The zero-order valence-corrected chi connectivity index (χ0v) is 24.3. The number of fused-ring (bicyclic) bond motifs is 2. The van der Waals surface area contributed by atoms with E-state index in [1.54, 1.807) is 6.92 Å². The molecule has 5 aliphatic rings. The van der Waals surface area contributed by atoms with Gasteiger partial charge in [-0.25, -0.2) is 0 Å². The van der Waals surface area contributed by atoms with E-state index in [1.807, 2.05) is 13.8 Å². The van der Waals surface area contributed by atoms with Crippen molar-refractivity contribution in [3.63, 3.8) is 0 Å². The Balaban J connectivity index is 1.43. The molecule has 0 bridgehead atoms. The van der Waals surface area contributed by atoms with Gasteiger partial charge in [-0.05, 0) is 97.7 Å². The minimum Gasteiger partial charge on any atom is -0.481 e. The summed E-state index contributed by atoms with van der Waals surface area (Å²) in [6.07, 6.45) is 4.35. The van der Waals surface area contributed by atoms with Crippen LogP contribution < -0.4 is 0 Å². The molecule has 6 N–H and O–H groups in total. The van der Waals surface area contributed by atoms with Gasteiger partial charge in [-0.3, -0.25) is 4.79 Å². The Hall–Kier alpha value is -0.730. The van der Waals surface area contributed by atoms with E-state index in [0.29, 0.717) is 5.92 Å². The summed E-state index contributed by atoms with van der Waals surface area (Å²) in [4.78, 5) is 12.5. The van der Waals surface area contributed by atoms with Crippen molar-refractivity contribution in [2.24, 2.45) is 56.7 Å². The molecular formula is C31H52O7. The second-order valence-electron chi connectivity index (χ2n) is 15.4. The maximum Gasteiger partial charge on any atom is 0.312 e. The van der Waals surface area contributed by atoms with Crippen LogP contribution in [0.25, 0.3) is 0 Å². The van der Waals surface area contributed by atoms with Gasteiger partial charge in [-0.15, -0.1) is 0 Å². The van der Waals surface area contributed by atoms with Crippen molar-refractivity contribution >= 4 is 5.97 Å². The molecule has 38 heavy (non-hydrogen) atoms. The summed E-state index contributed by atoms with van der Waals surface area (Å²) in [5.74, 6) is -0.686. The Labute approximate surface area is 228 Å². The van der Waals surface area contributed by atoms with E-state index >= 15 is 0 Å². The normalized spacial score (nSPS) is 52.7. The number of carboxylic acid groups (broad SMARTS) is 1. The molecule has 218 valence electrons. The van der Waals surface area contributed by atoms with E-state index in [0.717, 1.165) is 44.9 Å². The molecule has 5 fully saturated rings. The van der Waals surface area contributed by atoms with Crippen LogP contribution in [0.3, 0.4) is 0 Å². The van der Waals surface area contributed by atoms with Crippen LogP contribution in [0, 0.1) is 56.7 Å². The molecule has 0 aromatic carbocycles. The van der Waals surface area contributed by atoms with Crippen LogP contribution in [0.2, 0.25) is 0 Å². The predicted octanol–water partition coefficient (Wildman–Crippen LogP) is 3.59. The second-order valence-corrected chi connectivity index (χ2v) is 15.4. The van der Waals surface area contributed by atoms with Crippen LogP contribution in [0.1, 0.15) is 99.3 Å². The van der Waals surface area contributed by atoms with Crippen LogP contribution >= 0.6 is 0 Å². The monoisotopic (exact) mass is 536 g/mol. The lowest BCUT2D eigenvalue weighted by Gasteiger charge is -2.63. The molecule has 0 aromatic rings. The number of carbonyl (C=O) groups is 1. The molecule has 2 spiro atoms. The number of hydrogen-bond acceptors (Lipinski definition) is 6. The van der Waals surface area contributed by atoms with E-state index in [1.165, 1.54) is 0 Å². The molecule has 0 radical (unpaired) electrons. The van der Waals surface area contributed by atoms with Crippen molar-refractivity contribution in [2.75, 3.05) is 6.61 Å². The highest BCUT2D eigenvalue weighted by Crippen LogP contribution is 2.89. The third kappa shape index (κ3) is 3.23. The maximum atomic E-state index is 12.5. The number of aliphatic hydroxyl groups is 5. The largest absolute Gasteiger partial charge is 0.481 e. The van der Waals surface area contributed by atoms with Crippen LogP contribution in [0.15, 0.2) is 0 Å². The van der Waals surface area contributed by atoms with E-state index in [9.17, 15) is 35.4 Å². The van der Waals surface area contributed by atoms with Crippen LogP contribution in [0.5, 0.6) is 0 Å². The molecule has 7 nitrogen and oxygen atoms in total. The number of aliphatic hydroxyl groups excluding tert-OH is 4. The fourth-order valence-corrected chi connectivity index (χ4v) is 11.5. The van der Waals surface area contributed by atoms with Gasteiger partial charge in [-0.2, -0.15) is 0 Å². The van der Waals surface area contributed by atoms with Gasteiger partial charge in [0.15, 0.2) is 0 Å². The summed E-state index contributed by atoms with van der Waals surface area (Å²) in [5, 5.41) is 64.7. The van der Waals surface area contributed by atoms with E-state index < -0.39 is 40.7 Å². The van der Waals surface area contributed by atoms with Gasteiger partial charge in [0.2, 0.25) is 0 Å².